The van der Waals surface area contributed by atoms with Crippen LogP contribution in [-0.4, -0.2) is 14.5 Å². The van der Waals surface area contributed by atoms with Gasteiger partial charge in [0.05, 0.1) is 22.1 Å². The summed E-state index contributed by atoms with van der Waals surface area (Å²) >= 11 is 0. The molecule has 0 saturated heterocycles. The van der Waals surface area contributed by atoms with Gasteiger partial charge in [0.15, 0.2) is 5.82 Å². The molecule has 0 aliphatic heterocycles. The molecule has 0 spiro atoms. The molecule has 0 fully saturated rings. The average Bonchev–Trinajstić information content (AvgIpc) is 3.73. The third kappa shape index (κ3) is 3.58. The largest absolute Gasteiger partial charge is 0.456 e. The number of furan rings is 1. The molecule has 10 aromatic rings. The first-order valence-corrected chi connectivity index (χ1v) is 16.8. The van der Waals surface area contributed by atoms with Gasteiger partial charge in [-0.3, -0.25) is 4.57 Å². The zero-order valence-electron chi connectivity index (χ0n) is 27.0. The maximum absolute atomic E-state index is 6.61. The Bertz CT molecular complexity index is 3030. The number of aromatic nitrogens is 3. The second kappa shape index (κ2) is 9.42. The number of hydrogen-bond acceptors (Lipinski definition) is 3. The molecule has 11 rings (SSSR count). The van der Waals surface area contributed by atoms with Crippen LogP contribution in [0.3, 0.4) is 0 Å². The lowest BCUT2D eigenvalue weighted by Gasteiger charge is -2.21. The number of fused-ring (bicyclic) bond motifs is 11. The number of nitrogens with zero attached hydrogens (tertiary/aromatic N) is 3. The Kier molecular flexibility index (Phi) is 5.15. The second-order valence-electron chi connectivity index (χ2n) is 13.8. The second-order valence-corrected chi connectivity index (χ2v) is 13.8. The summed E-state index contributed by atoms with van der Waals surface area (Å²) in [6.45, 7) is 4.64. The summed E-state index contributed by atoms with van der Waals surface area (Å²) in [4.78, 5) is 10.9. The third-order valence-corrected chi connectivity index (χ3v) is 10.8. The highest BCUT2D eigenvalue weighted by molar-refractivity contribution is 6.19. The Labute approximate surface area is 281 Å². The van der Waals surface area contributed by atoms with Crippen molar-refractivity contribution >= 4 is 65.6 Å². The predicted molar refractivity (Wildman–Crippen MR) is 202 cm³/mol. The third-order valence-electron chi connectivity index (χ3n) is 10.8. The fourth-order valence-electron chi connectivity index (χ4n) is 8.43. The molecule has 1 aliphatic carbocycles. The molecule has 1 aliphatic rings. The van der Waals surface area contributed by atoms with Gasteiger partial charge in [0.25, 0.3) is 0 Å². The highest BCUT2D eigenvalue weighted by atomic mass is 16.3. The van der Waals surface area contributed by atoms with E-state index in [1.165, 1.54) is 38.4 Å². The summed E-state index contributed by atoms with van der Waals surface area (Å²) in [6, 6.07) is 49.7. The molecular formula is C45H29N3O. The first kappa shape index (κ1) is 26.8. The van der Waals surface area contributed by atoms with E-state index >= 15 is 0 Å². The average molecular weight is 628 g/mol. The van der Waals surface area contributed by atoms with Crippen LogP contribution in [0, 0.1) is 0 Å². The minimum absolute atomic E-state index is 0.128. The molecule has 0 radical (unpaired) electrons. The van der Waals surface area contributed by atoms with Crippen LogP contribution in [0.1, 0.15) is 25.0 Å². The van der Waals surface area contributed by atoms with E-state index in [0.717, 1.165) is 66.5 Å². The van der Waals surface area contributed by atoms with E-state index in [0.29, 0.717) is 0 Å². The molecule has 230 valence electrons. The van der Waals surface area contributed by atoms with Crippen molar-refractivity contribution in [1.82, 2.24) is 14.5 Å². The summed E-state index contributed by atoms with van der Waals surface area (Å²) in [5.41, 5.74) is 12.6. The Morgan fingerprint density at radius 1 is 0.510 bits per heavy atom. The Morgan fingerprint density at radius 3 is 2.04 bits per heavy atom. The molecule has 0 unspecified atom stereocenters. The van der Waals surface area contributed by atoms with Gasteiger partial charge in [0.1, 0.15) is 16.9 Å². The lowest BCUT2D eigenvalue weighted by molar-refractivity contribution is 0.660. The van der Waals surface area contributed by atoms with Crippen molar-refractivity contribution in [2.75, 3.05) is 0 Å². The van der Waals surface area contributed by atoms with Gasteiger partial charge in [0.2, 0.25) is 0 Å². The normalized spacial score (nSPS) is 13.7. The molecule has 3 heterocycles. The first-order valence-electron chi connectivity index (χ1n) is 16.8. The Morgan fingerprint density at radius 2 is 1.16 bits per heavy atom. The van der Waals surface area contributed by atoms with Crippen LogP contribution in [0.4, 0.5) is 0 Å². The van der Waals surface area contributed by atoms with E-state index in [1.807, 2.05) is 12.1 Å². The molecule has 0 atom stereocenters. The Hall–Kier alpha value is -6.26. The molecule has 0 amide bonds. The summed E-state index contributed by atoms with van der Waals surface area (Å²) in [7, 11) is 0. The van der Waals surface area contributed by atoms with Gasteiger partial charge in [-0.25, -0.2) is 9.97 Å². The topological polar surface area (TPSA) is 43.9 Å². The smallest absolute Gasteiger partial charge is 0.165 e. The fourth-order valence-corrected chi connectivity index (χ4v) is 8.43. The molecule has 49 heavy (non-hydrogen) atoms. The van der Waals surface area contributed by atoms with Gasteiger partial charge in [-0.2, -0.15) is 0 Å². The van der Waals surface area contributed by atoms with Crippen molar-refractivity contribution in [2.45, 2.75) is 19.3 Å². The predicted octanol–water partition coefficient (Wildman–Crippen LogP) is 11.8. The highest BCUT2D eigenvalue weighted by Crippen LogP contribution is 2.52. The van der Waals surface area contributed by atoms with E-state index in [2.05, 4.69) is 146 Å². The first-order chi connectivity index (χ1) is 24.0. The van der Waals surface area contributed by atoms with Gasteiger partial charge in [0, 0.05) is 38.6 Å². The van der Waals surface area contributed by atoms with Crippen LogP contribution >= 0.6 is 0 Å². The lowest BCUT2D eigenvalue weighted by atomic mass is 9.82. The SMILES string of the molecule is CC1(C)c2ccccc2-c2c(-c3nc4ccccc4nc3-n3c4ccccc4c4cc5c(cc43)oc3cc4ccccc4cc35)cccc21. The Balaban J connectivity index is 1.27. The van der Waals surface area contributed by atoms with Crippen LogP contribution in [-0.2, 0) is 5.41 Å². The molecule has 3 aromatic heterocycles. The van der Waals surface area contributed by atoms with E-state index in [9.17, 15) is 0 Å². The zero-order chi connectivity index (χ0) is 32.4. The summed E-state index contributed by atoms with van der Waals surface area (Å²) in [6.07, 6.45) is 0. The maximum Gasteiger partial charge on any atom is 0.165 e. The van der Waals surface area contributed by atoms with Crippen LogP contribution in [0.25, 0.3) is 93.8 Å². The van der Waals surface area contributed by atoms with Crippen molar-refractivity contribution in [3.8, 4) is 28.2 Å². The van der Waals surface area contributed by atoms with Gasteiger partial charge in [-0.1, -0.05) is 111 Å². The lowest BCUT2D eigenvalue weighted by Crippen LogP contribution is -2.14. The van der Waals surface area contributed by atoms with Crippen molar-refractivity contribution < 1.29 is 4.42 Å². The zero-order valence-corrected chi connectivity index (χ0v) is 27.0. The van der Waals surface area contributed by atoms with E-state index in [1.54, 1.807) is 0 Å². The molecular weight excluding hydrogens is 599 g/mol. The number of benzene rings is 7. The monoisotopic (exact) mass is 627 g/mol. The summed E-state index contributed by atoms with van der Waals surface area (Å²) in [5, 5.41) is 6.94. The minimum Gasteiger partial charge on any atom is -0.456 e. The minimum atomic E-state index is -0.128. The van der Waals surface area contributed by atoms with Gasteiger partial charge in [-0.15, -0.1) is 0 Å². The highest BCUT2D eigenvalue weighted by Gasteiger charge is 2.37. The van der Waals surface area contributed by atoms with Crippen LogP contribution in [0.5, 0.6) is 0 Å². The standard InChI is InChI=1S/C45H29N3O/c1-45(2)34-17-7-5-15-29(34)42-30(16-11-18-35(42)45)43-44(47-37-20-9-8-19-36(37)46-43)48-38-21-10-6-14-28(38)31-24-33-32-22-26-12-3-4-13-27(26)23-40(32)49-41(33)25-39(31)48/h3-25H,1-2H3. The molecule has 0 bridgehead atoms. The van der Waals surface area contributed by atoms with E-state index < -0.39 is 0 Å². The van der Waals surface area contributed by atoms with Crippen molar-refractivity contribution in [3.05, 3.63) is 151 Å². The van der Waals surface area contributed by atoms with Crippen molar-refractivity contribution in [3.63, 3.8) is 0 Å². The quantitative estimate of drug-likeness (QED) is 0.192. The molecule has 0 saturated carbocycles. The van der Waals surface area contributed by atoms with Gasteiger partial charge >= 0.3 is 0 Å². The molecule has 4 heteroatoms. The van der Waals surface area contributed by atoms with Crippen LogP contribution < -0.4 is 0 Å². The number of hydrogen-bond donors (Lipinski definition) is 0. The van der Waals surface area contributed by atoms with Crippen molar-refractivity contribution in [2.24, 2.45) is 0 Å². The summed E-state index contributed by atoms with van der Waals surface area (Å²) in [5.74, 6) is 0.807. The summed E-state index contributed by atoms with van der Waals surface area (Å²) < 4.78 is 8.91. The fraction of sp³-hybridized carbons (Fsp3) is 0.0667. The molecule has 0 N–H and O–H groups in total. The van der Waals surface area contributed by atoms with Crippen molar-refractivity contribution in [1.29, 1.82) is 0 Å². The molecule has 4 nitrogen and oxygen atoms in total. The van der Waals surface area contributed by atoms with Gasteiger partial charge in [-0.05, 0) is 69.4 Å². The molecule has 7 aromatic carbocycles. The number of rotatable bonds is 2. The maximum atomic E-state index is 6.61. The van der Waals surface area contributed by atoms with Crippen LogP contribution in [0.15, 0.2) is 144 Å². The van der Waals surface area contributed by atoms with E-state index in [4.69, 9.17) is 14.4 Å². The van der Waals surface area contributed by atoms with E-state index in [-0.39, 0.29) is 5.41 Å². The van der Waals surface area contributed by atoms with Gasteiger partial charge < -0.3 is 4.42 Å². The number of para-hydroxylation sites is 3. The van der Waals surface area contributed by atoms with Crippen LogP contribution in [0.2, 0.25) is 0 Å².